The summed E-state index contributed by atoms with van der Waals surface area (Å²) in [5.74, 6) is 1.24. The van der Waals surface area contributed by atoms with Crippen LogP contribution < -0.4 is 26.2 Å². The largest absolute Gasteiger partial charge is 0.311 e. The van der Waals surface area contributed by atoms with Gasteiger partial charge in [0.1, 0.15) is 0 Å². The van der Waals surface area contributed by atoms with Gasteiger partial charge >= 0.3 is 0 Å². The molecule has 0 atom stereocenters. The van der Waals surface area contributed by atoms with Gasteiger partial charge in [0.05, 0.1) is 39.5 Å². The molecule has 0 bridgehead atoms. The van der Waals surface area contributed by atoms with Crippen molar-refractivity contribution in [1.29, 1.82) is 0 Å². The van der Waals surface area contributed by atoms with Crippen LogP contribution in [0.15, 0.2) is 364 Å². The van der Waals surface area contributed by atoms with Gasteiger partial charge in [-0.1, -0.05) is 261 Å². The van der Waals surface area contributed by atoms with E-state index in [0.29, 0.717) is 11.6 Å². The average Bonchev–Trinajstić information content (AvgIpc) is 1.34. The third kappa shape index (κ3) is 10.2. The van der Waals surface area contributed by atoms with Gasteiger partial charge in [-0.3, -0.25) is 0 Å². The van der Waals surface area contributed by atoms with Crippen LogP contribution in [0, 0.1) is 0 Å². The van der Waals surface area contributed by atoms with Crippen LogP contribution in [-0.2, 0) is 0 Å². The number of aromatic nitrogens is 5. The van der Waals surface area contributed by atoms with Crippen molar-refractivity contribution >= 4 is 79.0 Å². The zero-order chi connectivity index (χ0) is 66.0. The van der Waals surface area contributed by atoms with Crippen LogP contribution in [0.5, 0.6) is 0 Å². The highest BCUT2D eigenvalue weighted by Gasteiger charge is 2.43. The van der Waals surface area contributed by atoms with Crippen molar-refractivity contribution in [3.8, 4) is 107 Å². The highest BCUT2D eigenvalue weighted by atomic mass is 15.2. The summed E-state index contributed by atoms with van der Waals surface area (Å²) in [6.07, 6.45) is 0. The highest BCUT2D eigenvalue weighted by molar-refractivity contribution is 7.00. The molecule has 0 aliphatic carbocycles. The molecule has 2 aliphatic heterocycles. The van der Waals surface area contributed by atoms with Gasteiger partial charge < -0.3 is 14.4 Å². The first kappa shape index (κ1) is 58.1. The summed E-state index contributed by atoms with van der Waals surface area (Å²) >= 11 is 0. The minimum absolute atomic E-state index is 0.0420. The van der Waals surface area contributed by atoms with Crippen molar-refractivity contribution in [3.63, 3.8) is 0 Å². The SMILES string of the molecule is c1ccc(-c2ccc3c(c2)c2cc(-c4ccccc4)ccc2n3-c2ccc(-c3cc(-c4ccccc4)nc(-c4ccccc4)n3)cc2-c2cc(-c3ccccc3)nc(-c3cccc(-c4cccc(N5c6ccccc6B6c7ccccc7N(c7ccccc7)c7cccc5c76)c4)c3)n2)cc1. The van der Waals surface area contributed by atoms with Crippen LogP contribution in [0.3, 0.4) is 0 Å². The monoisotopic (exact) mass is 1270 g/mol. The van der Waals surface area contributed by atoms with Gasteiger partial charge in [-0.2, -0.15) is 0 Å². The van der Waals surface area contributed by atoms with E-state index in [1.807, 2.05) is 24.3 Å². The molecule has 0 N–H and O–H groups in total. The highest BCUT2D eigenvalue weighted by Crippen LogP contribution is 2.46. The minimum atomic E-state index is 0.0420. The summed E-state index contributed by atoms with van der Waals surface area (Å²) < 4.78 is 2.43. The molecule has 0 fully saturated rings. The fourth-order valence-corrected chi connectivity index (χ4v) is 15.2. The summed E-state index contributed by atoms with van der Waals surface area (Å²) in [6, 6.07) is 130. The Hall–Kier alpha value is -13.3. The molecular formula is C92H60BN7. The van der Waals surface area contributed by atoms with Gasteiger partial charge in [0.25, 0.3) is 6.71 Å². The molecule has 17 aromatic rings. The Bertz CT molecular complexity index is 5830. The zero-order valence-electron chi connectivity index (χ0n) is 54.3. The number of hydrogen-bond donors (Lipinski definition) is 0. The third-order valence-corrected chi connectivity index (χ3v) is 19.8. The molecule has 0 amide bonds. The van der Waals surface area contributed by atoms with Crippen LogP contribution >= 0.6 is 0 Å². The quantitative estimate of drug-likeness (QED) is 0.114. The van der Waals surface area contributed by atoms with Crippen molar-refractivity contribution in [2.24, 2.45) is 0 Å². The molecule has 5 heterocycles. The predicted octanol–water partition coefficient (Wildman–Crippen LogP) is 21.4. The van der Waals surface area contributed by atoms with E-state index in [0.717, 1.165) is 140 Å². The van der Waals surface area contributed by atoms with Gasteiger partial charge in [0.15, 0.2) is 11.6 Å². The molecule has 0 spiro atoms. The molecule has 0 radical (unpaired) electrons. The van der Waals surface area contributed by atoms with E-state index in [-0.39, 0.29) is 6.71 Å². The van der Waals surface area contributed by atoms with Crippen LogP contribution in [0.2, 0.25) is 0 Å². The zero-order valence-corrected chi connectivity index (χ0v) is 54.3. The maximum atomic E-state index is 5.78. The first-order chi connectivity index (χ1) is 49.6. The topological polar surface area (TPSA) is 63.0 Å². The van der Waals surface area contributed by atoms with Crippen molar-refractivity contribution in [2.75, 3.05) is 9.80 Å². The number of hydrogen-bond acceptors (Lipinski definition) is 6. The van der Waals surface area contributed by atoms with Crippen molar-refractivity contribution in [2.45, 2.75) is 0 Å². The summed E-state index contributed by atoms with van der Waals surface area (Å²) in [5, 5.41) is 2.29. The molecule has 3 aromatic heterocycles. The summed E-state index contributed by atoms with van der Waals surface area (Å²) in [7, 11) is 0. The lowest BCUT2D eigenvalue weighted by atomic mass is 9.33. The molecule has 466 valence electrons. The summed E-state index contributed by atoms with van der Waals surface area (Å²) in [5.41, 5.74) is 29.4. The fraction of sp³-hybridized carbons (Fsp3) is 0. The van der Waals surface area contributed by atoms with E-state index < -0.39 is 0 Å². The molecule has 2 aliphatic rings. The van der Waals surface area contributed by atoms with Crippen LogP contribution in [0.1, 0.15) is 0 Å². The number of benzene rings is 14. The lowest BCUT2D eigenvalue weighted by Gasteiger charge is -2.44. The smallest absolute Gasteiger partial charge is 0.252 e. The molecule has 0 unspecified atom stereocenters. The molecule has 19 rings (SSSR count). The second kappa shape index (κ2) is 24.4. The van der Waals surface area contributed by atoms with Gasteiger partial charge in [-0.05, 0) is 153 Å². The Morgan fingerprint density at radius 3 is 1.17 bits per heavy atom. The van der Waals surface area contributed by atoms with Crippen LogP contribution in [0.25, 0.3) is 129 Å². The standard InChI is InChI=1S/C92H60BN7/c1-7-26-61(27-8-1)68-48-51-83-74(56-68)75-57-69(62-28-9-2-10-29-62)49-52-84(75)100(83)85-53-50-70(81-59-79(63-30-11-3-12-31-63)94-91(96-81)65-34-15-5-16-35-65)58-76(85)82-60-80(64-32-13-4-14-33-64)95-92(97-82)71-38-23-36-66(54-71)67-37-24-41-73(55-67)99-87-45-22-20-43-78(87)93-77-42-19-21-44-86(77)98(72-39-17-6-18-40-72)88-46-25-47-89(99)90(88)93/h1-60H. The Balaban J connectivity index is 0.796. The molecule has 100 heavy (non-hydrogen) atoms. The number of anilines is 6. The maximum Gasteiger partial charge on any atom is 0.252 e. The summed E-state index contributed by atoms with van der Waals surface area (Å²) in [6.45, 7) is 0.0420. The lowest BCUT2D eigenvalue weighted by molar-refractivity contribution is 1.15. The van der Waals surface area contributed by atoms with Crippen LogP contribution in [0.4, 0.5) is 34.1 Å². The second-order valence-corrected chi connectivity index (χ2v) is 25.7. The van der Waals surface area contributed by atoms with Gasteiger partial charge in [-0.25, -0.2) is 19.9 Å². The molecule has 8 heteroatoms. The average molecular weight is 1270 g/mol. The summed E-state index contributed by atoms with van der Waals surface area (Å²) in [4.78, 5) is 26.9. The van der Waals surface area contributed by atoms with Gasteiger partial charge in [-0.15, -0.1) is 0 Å². The van der Waals surface area contributed by atoms with E-state index >= 15 is 0 Å². The van der Waals surface area contributed by atoms with E-state index in [1.54, 1.807) is 0 Å². The molecular weight excluding hydrogens is 1210 g/mol. The predicted molar refractivity (Wildman–Crippen MR) is 415 cm³/mol. The first-order valence-corrected chi connectivity index (χ1v) is 34.0. The Kier molecular flexibility index (Phi) is 14.2. The minimum Gasteiger partial charge on any atom is -0.311 e. The van der Waals surface area contributed by atoms with Crippen molar-refractivity contribution < 1.29 is 0 Å². The number of fused-ring (bicyclic) bond motifs is 7. The van der Waals surface area contributed by atoms with Gasteiger partial charge in [0, 0.05) is 78.3 Å². The fourth-order valence-electron chi connectivity index (χ4n) is 15.2. The van der Waals surface area contributed by atoms with E-state index in [1.165, 1.54) is 27.8 Å². The molecule has 0 saturated carbocycles. The molecule has 0 saturated heterocycles. The lowest BCUT2D eigenvalue weighted by Crippen LogP contribution is -2.61. The van der Waals surface area contributed by atoms with Crippen molar-refractivity contribution in [1.82, 2.24) is 24.5 Å². The Labute approximate surface area is 580 Å². The third-order valence-electron chi connectivity index (χ3n) is 19.8. The molecule has 7 nitrogen and oxygen atoms in total. The maximum absolute atomic E-state index is 5.78. The number of nitrogens with zero attached hydrogens (tertiary/aromatic N) is 7. The second-order valence-electron chi connectivity index (χ2n) is 25.7. The van der Waals surface area contributed by atoms with Crippen molar-refractivity contribution in [3.05, 3.63) is 364 Å². The molecule has 14 aromatic carbocycles. The van der Waals surface area contributed by atoms with Crippen LogP contribution in [-0.4, -0.2) is 31.2 Å². The van der Waals surface area contributed by atoms with E-state index in [2.05, 4.69) is 354 Å². The van der Waals surface area contributed by atoms with E-state index in [9.17, 15) is 0 Å². The number of para-hydroxylation sites is 3. The van der Waals surface area contributed by atoms with Gasteiger partial charge in [0.2, 0.25) is 0 Å². The normalized spacial score (nSPS) is 12.1. The van der Waals surface area contributed by atoms with E-state index in [4.69, 9.17) is 19.9 Å². The Morgan fingerprint density at radius 2 is 0.600 bits per heavy atom. The first-order valence-electron chi connectivity index (χ1n) is 34.0. The number of rotatable bonds is 12. The Morgan fingerprint density at radius 1 is 0.220 bits per heavy atom.